The molecule has 0 fully saturated rings. The van der Waals surface area contributed by atoms with Crippen LogP contribution in [0.15, 0.2) is 35.7 Å². The topological polar surface area (TPSA) is 68.0 Å². The quantitative estimate of drug-likeness (QED) is 0.909. The highest BCUT2D eigenvalue weighted by Gasteiger charge is 2.10. The molecule has 0 aliphatic carbocycles. The summed E-state index contributed by atoms with van der Waals surface area (Å²) in [5, 5.41) is 5.16. The number of nitrogens with one attached hydrogen (secondary N) is 1. The maximum Gasteiger partial charge on any atom is 0.242 e. The summed E-state index contributed by atoms with van der Waals surface area (Å²) in [5.41, 5.74) is 7.36. The van der Waals surface area contributed by atoms with Gasteiger partial charge in [0, 0.05) is 10.9 Å². The van der Waals surface area contributed by atoms with Crippen molar-refractivity contribution in [3.05, 3.63) is 35.7 Å². The van der Waals surface area contributed by atoms with Crippen molar-refractivity contribution < 1.29 is 4.79 Å². The molecule has 1 aromatic carbocycles. The van der Waals surface area contributed by atoms with Gasteiger partial charge in [-0.15, -0.1) is 23.7 Å². The predicted octanol–water partition coefficient (Wildman–Crippen LogP) is 2.52. The lowest BCUT2D eigenvalue weighted by atomic mass is 10.2. The van der Waals surface area contributed by atoms with E-state index in [4.69, 9.17) is 5.73 Å². The highest BCUT2D eigenvalue weighted by molar-refractivity contribution is 7.14. The minimum atomic E-state index is -0.529. The fraction of sp³-hybridized carbons (Fsp3) is 0.167. The smallest absolute Gasteiger partial charge is 0.242 e. The molecule has 1 aromatic heterocycles. The highest BCUT2D eigenvalue weighted by atomic mass is 35.5. The molecular formula is C12H14ClN3OS. The molecular weight excluding hydrogens is 270 g/mol. The number of halogens is 1. The van der Waals surface area contributed by atoms with Crippen LogP contribution in [0, 0.1) is 0 Å². The Hall–Kier alpha value is -1.43. The second-order valence-electron chi connectivity index (χ2n) is 3.68. The first-order chi connectivity index (χ1) is 8.16. The van der Waals surface area contributed by atoms with Crippen molar-refractivity contribution in [3.8, 4) is 11.3 Å². The second-order valence-corrected chi connectivity index (χ2v) is 4.54. The van der Waals surface area contributed by atoms with Crippen LogP contribution in [-0.4, -0.2) is 16.9 Å². The third-order valence-electron chi connectivity index (χ3n) is 2.22. The lowest BCUT2D eigenvalue weighted by Gasteiger charge is -2.03. The standard InChI is InChI=1S/C12H13N3OS.ClH/c1-8(13)11(16)15-12-14-10(7-17-12)9-5-3-2-4-6-9;/h2-8H,13H2,1H3,(H,14,15,16);1H/t8-;/m0./s1. The van der Waals surface area contributed by atoms with Gasteiger partial charge in [0.15, 0.2) is 5.13 Å². The number of rotatable bonds is 3. The molecule has 18 heavy (non-hydrogen) atoms. The van der Waals surface area contributed by atoms with Gasteiger partial charge >= 0.3 is 0 Å². The summed E-state index contributed by atoms with van der Waals surface area (Å²) >= 11 is 1.39. The fourth-order valence-electron chi connectivity index (χ4n) is 1.29. The number of benzene rings is 1. The number of carbonyl (C=O) groups is 1. The molecule has 1 atom stereocenters. The summed E-state index contributed by atoms with van der Waals surface area (Å²) in [6.45, 7) is 1.64. The van der Waals surface area contributed by atoms with Gasteiger partial charge in [-0.3, -0.25) is 4.79 Å². The minimum Gasteiger partial charge on any atom is -0.320 e. The molecule has 6 heteroatoms. The van der Waals surface area contributed by atoms with E-state index in [-0.39, 0.29) is 18.3 Å². The van der Waals surface area contributed by atoms with Crippen LogP contribution in [0.1, 0.15) is 6.92 Å². The number of carbonyl (C=O) groups excluding carboxylic acids is 1. The molecule has 0 bridgehead atoms. The van der Waals surface area contributed by atoms with E-state index in [1.165, 1.54) is 11.3 Å². The third-order valence-corrected chi connectivity index (χ3v) is 2.98. The van der Waals surface area contributed by atoms with Gasteiger partial charge in [0.1, 0.15) is 0 Å². The summed E-state index contributed by atoms with van der Waals surface area (Å²) in [4.78, 5) is 15.7. The zero-order chi connectivity index (χ0) is 12.3. The molecule has 96 valence electrons. The van der Waals surface area contributed by atoms with Crippen LogP contribution in [0.3, 0.4) is 0 Å². The van der Waals surface area contributed by atoms with E-state index in [1.54, 1.807) is 6.92 Å². The molecule has 1 heterocycles. The zero-order valence-electron chi connectivity index (χ0n) is 9.79. The Labute approximate surface area is 116 Å². The molecule has 0 unspecified atom stereocenters. The first kappa shape index (κ1) is 14.6. The van der Waals surface area contributed by atoms with Crippen LogP contribution in [0.25, 0.3) is 11.3 Å². The van der Waals surface area contributed by atoms with Crippen LogP contribution >= 0.6 is 23.7 Å². The van der Waals surface area contributed by atoms with E-state index < -0.39 is 6.04 Å². The van der Waals surface area contributed by atoms with Crippen molar-refractivity contribution in [2.75, 3.05) is 5.32 Å². The van der Waals surface area contributed by atoms with Crippen LogP contribution in [-0.2, 0) is 4.79 Å². The van der Waals surface area contributed by atoms with E-state index in [2.05, 4.69) is 10.3 Å². The molecule has 2 aromatic rings. The van der Waals surface area contributed by atoms with Gasteiger partial charge in [-0.25, -0.2) is 4.98 Å². The second kappa shape index (κ2) is 6.49. The van der Waals surface area contributed by atoms with Gasteiger partial charge in [0.25, 0.3) is 0 Å². The molecule has 2 rings (SSSR count). The summed E-state index contributed by atoms with van der Waals surface area (Å²) in [7, 11) is 0. The van der Waals surface area contributed by atoms with Gasteiger partial charge in [0.2, 0.25) is 5.91 Å². The number of amides is 1. The van der Waals surface area contributed by atoms with Crippen LogP contribution in [0.2, 0.25) is 0 Å². The number of hydrogen-bond acceptors (Lipinski definition) is 4. The number of hydrogen-bond donors (Lipinski definition) is 2. The van der Waals surface area contributed by atoms with Gasteiger partial charge in [-0.1, -0.05) is 30.3 Å². The summed E-state index contributed by atoms with van der Waals surface area (Å²) < 4.78 is 0. The molecule has 3 N–H and O–H groups in total. The van der Waals surface area contributed by atoms with E-state index in [0.717, 1.165) is 11.3 Å². The molecule has 4 nitrogen and oxygen atoms in total. The normalized spacial score (nSPS) is 11.4. The lowest BCUT2D eigenvalue weighted by Crippen LogP contribution is -2.32. The van der Waals surface area contributed by atoms with E-state index >= 15 is 0 Å². The summed E-state index contributed by atoms with van der Waals surface area (Å²) in [5.74, 6) is -0.223. The average molecular weight is 284 g/mol. The number of nitrogens with zero attached hydrogens (tertiary/aromatic N) is 1. The molecule has 1 amide bonds. The zero-order valence-corrected chi connectivity index (χ0v) is 11.4. The number of anilines is 1. The number of nitrogens with two attached hydrogens (primary N) is 1. The summed E-state index contributed by atoms with van der Waals surface area (Å²) in [6.07, 6.45) is 0. The first-order valence-electron chi connectivity index (χ1n) is 5.24. The Balaban J connectivity index is 0.00000162. The minimum absolute atomic E-state index is 0. The van der Waals surface area contributed by atoms with E-state index in [0.29, 0.717) is 5.13 Å². The largest absolute Gasteiger partial charge is 0.320 e. The monoisotopic (exact) mass is 283 g/mol. The lowest BCUT2D eigenvalue weighted by molar-refractivity contribution is -0.117. The Kier molecular flexibility index (Phi) is 5.27. The van der Waals surface area contributed by atoms with Crippen molar-refractivity contribution in [2.24, 2.45) is 5.73 Å². The van der Waals surface area contributed by atoms with Gasteiger partial charge < -0.3 is 11.1 Å². The Morgan fingerprint density at radius 3 is 2.67 bits per heavy atom. The molecule has 0 radical (unpaired) electrons. The fourth-order valence-corrected chi connectivity index (χ4v) is 2.01. The van der Waals surface area contributed by atoms with Crippen molar-refractivity contribution in [1.29, 1.82) is 0 Å². The van der Waals surface area contributed by atoms with Crippen LogP contribution in [0.4, 0.5) is 5.13 Å². The predicted molar refractivity (Wildman–Crippen MR) is 77.1 cm³/mol. The van der Waals surface area contributed by atoms with Gasteiger partial charge in [0.05, 0.1) is 11.7 Å². The number of aromatic nitrogens is 1. The van der Waals surface area contributed by atoms with Crippen molar-refractivity contribution in [3.63, 3.8) is 0 Å². The number of thiazole rings is 1. The third kappa shape index (κ3) is 3.53. The van der Waals surface area contributed by atoms with Crippen LogP contribution in [0.5, 0.6) is 0 Å². The molecule has 0 spiro atoms. The maximum atomic E-state index is 11.4. The molecule has 0 saturated carbocycles. The SMILES string of the molecule is C[C@H](N)C(=O)Nc1nc(-c2ccccc2)cs1.Cl. The Bertz CT molecular complexity index is 513. The van der Waals surface area contributed by atoms with Crippen LogP contribution < -0.4 is 11.1 Å². The molecule has 0 aliphatic heterocycles. The van der Waals surface area contributed by atoms with Gasteiger partial charge in [-0.05, 0) is 6.92 Å². The Morgan fingerprint density at radius 1 is 1.39 bits per heavy atom. The summed E-state index contributed by atoms with van der Waals surface area (Å²) in [6, 6.07) is 9.29. The van der Waals surface area contributed by atoms with E-state index in [9.17, 15) is 4.79 Å². The average Bonchev–Trinajstić information content (AvgIpc) is 2.78. The van der Waals surface area contributed by atoms with Crippen molar-refractivity contribution in [2.45, 2.75) is 13.0 Å². The first-order valence-corrected chi connectivity index (χ1v) is 6.12. The van der Waals surface area contributed by atoms with E-state index in [1.807, 2.05) is 35.7 Å². The van der Waals surface area contributed by atoms with Crippen molar-refractivity contribution in [1.82, 2.24) is 4.98 Å². The Morgan fingerprint density at radius 2 is 2.06 bits per heavy atom. The van der Waals surface area contributed by atoms with Crippen molar-refractivity contribution >= 4 is 34.8 Å². The molecule has 0 saturated heterocycles. The molecule has 0 aliphatic rings. The van der Waals surface area contributed by atoms with Gasteiger partial charge in [-0.2, -0.15) is 0 Å². The highest BCUT2D eigenvalue weighted by Crippen LogP contribution is 2.24. The maximum absolute atomic E-state index is 11.4.